The maximum Gasteiger partial charge on any atom is 0.293 e. The van der Waals surface area contributed by atoms with Crippen molar-refractivity contribution >= 4 is 28.1 Å². The van der Waals surface area contributed by atoms with Crippen LogP contribution in [0.5, 0.6) is 0 Å². The van der Waals surface area contributed by atoms with Gasteiger partial charge in [0, 0.05) is 5.88 Å². The molecule has 0 rings (SSSR count). The first kappa shape index (κ1) is 6.98. The Labute approximate surface area is 50.3 Å². The van der Waals surface area contributed by atoms with Crippen LogP contribution in [0.4, 0.5) is 0 Å². The van der Waals surface area contributed by atoms with Gasteiger partial charge < -0.3 is 4.43 Å². The van der Waals surface area contributed by atoms with Gasteiger partial charge in [-0.05, 0) is 0 Å². The molecule has 0 aliphatic heterocycles. The lowest BCUT2D eigenvalue weighted by Crippen LogP contribution is -2.00. The summed E-state index contributed by atoms with van der Waals surface area (Å²) in [6.45, 7) is 0. The Kier molecular flexibility index (Phi) is 4.13. The molecule has 0 amide bonds. The third-order valence-corrected chi connectivity index (χ3v) is 1.17. The van der Waals surface area contributed by atoms with E-state index in [1.807, 2.05) is 0 Å². The minimum atomic E-state index is -0.193. The van der Waals surface area contributed by atoms with Crippen LogP contribution < -0.4 is 0 Å². The van der Waals surface area contributed by atoms with Crippen molar-refractivity contribution in [1.29, 1.82) is 0 Å². The predicted octanol–water partition coefficient (Wildman–Crippen LogP) is -0.561. The van der Waals surface area contributed by atoms with Crippen molar-refractivity contribution < 1.29 is 9.22 Å². The number of rotatable bonds is 2. The maximum absolute atomic E-state index is 10.1. The summed E-state index contributed by atoms with van der Waals surface area (Å²) < 4.78 is 4.41. The number of halogens is 1. The van der Waals surface area contributed by atoms with Crippen molar-refractivity contribution in [3.8, 4) is 0 Å². The van der Waals surface area contributed by atoms with Crippen LogP contribution in [0.15, 0.2) is 0 Å². The van der Waals surface area contributed by atoms with E-state index in [4.69, 9.17) is 11.6 Å². The van der Waals surface area contributed by atoms with Gasteiger partial charge >= 0.3 is 0 Å². The molecule has 0 spiro atoms. The summed E-state index contributed by atoms with van der Waals surface area (Å²) in [5, 5.41) is 0. The molecule has 0 aliphatic carbocycles. The van der Waals surface area contributed by atoms with Crippen molar-refractivity contribution in [2.24, 2.45) is 0 Å². The topological polar surface area (TPSA) is 26.3 Å². The fourth-order valence-corrected chi connectivity index (χ4v) is 0.538. The summed E-state index contributed by atoms with van der Waals surface area (Å²) in [5.41, 5.74) is 0. The summed E-state index contributed by atoms with van der Waals surface area (Å²) >= 11 is 5.19. The van der Waals surface area contributed by atoms with E-state index in [1.165, 1.54) is 0 Å². The van der Waals surface area contributed by atoms with Gasteiger partial charge in [-0.3, -0.25) is 4.79 Å². The Morgan fingerprint density at radius 3 is 2.57 bits per heavy atom. The number of hydrogen-bond donors (Lipinski definition) is 0. The highest BCUT2D eigenvalue weighted by Gasteiger charge is 1.93. The van der Waals surface area contributed by atoms with Crippen LogP contribution in [-0.4, -0.2) is 22.3 Å². The molecule has 7 heavy (non-hydrogen) atoms. The summed E-state index contributed by atoms with van der Waals surface area (Å²) in [7, 11) is 0.479. The highest BCUT2D eigenvalue weighted by atomic mass is 35.5. The van der Waals surface area contributed by atoms with E-state index >= 15 is 0 Å². The molecule has 0 N–H and O–H groups in total. The SMILES string of the molecule is O=C(CCCl)O[SiH3]. The summed E-state index contributed by atoms with van der Waals surface area (Å²) in [4.78, 5) is 10.1. The number of carbonyl (C=O) groups is 1. The first-order valence-electron chi connectivity index (χ1n) is 1.94. The molecule has 0 aromatic rings. The van der Waals surface area contributed by atoms with E-state index in [2.05, 4.69) is 4.43 Å². The molecule has 0 fully saturated rings. The maximum atomic E-state index is 10.1. The summed E-state index contributed by atoms with van der Waals surface area (Å²) in [6.07, 6.45) is 0.338. The van der Waals surface area contributed by atoms with Gasteiger partial charge in [0.15, 0.2) is 0 Å². The van der Waals surface area contributed by atoms with E-state index in [1.54, 1.807) is 0 Å². The molecule has 2 nitrogen and oxygen atoms in total. The van der Waals surface area contributed by atoms with E-state index < -0.39 is 0 Å². The van der Waals surface area contributed by atoms with Gasteiger partial charge in [0.2, 0.25) is 10.5 Å². The average molecular weight is 139 g/mol. The molecule has 0 heterocycles. The number of alkyl halides is 1. The smallest absolute Gasteiger partial charge is 0.293 e. The molecule has 0 atom stereocenters. The highest BCUT2D eigenvalue weighted by Crippen LogP contribution is 1.84. The van der Waals surface area contributed by atoms with Crippen LogP contribution in [0.25, 0.3) is 0 Å². The average Bonchev–Trinajstić information content (AvgIpc) is 1.68. The van der Waals surface area contributed by atoms with E-state index in [-0.39, 0.29) is 5.97 Å². The Morgan fingerprint density at radius 1 is 1.86 bits per heavy atom. The zero-order chi connectivity index (χ0) is 5.70. The lowest BCUT2D eigenvalue weighted by molar-refractivity contribution is -0.133. The van der Waals surface area contributed by atoms with Crippen LogP contribution in [0.3, 0.4) is 0 Å². The zero-order valence-electron chi connectivity index (χ0n) is 4.11. The largest absolute Gasteiger partial charge is 0.529 e. The minimum Gasteiger partial charge on any atom is -0.529 e. The van der Waals surface area contributed by atoms with Crippen LogP contribution >= 0.6 is 11.6 Å². The third kappa shape index (κ3) is 3.82. The molecule has 0 bridgehead atoms. The highest BCUT2D eigenvalue weighted by molar-refractivity contribution is 6.19. The Bertz CT molecular complexity index is 66.0. The first-order chi connectivity index (χ1) is 3.31. The van der Waals surface area contributed by atoms with Crippen LogP contribution in [0, 0.1) is 0 Å². The second-order valence-corrected chi connectivity index (χ2v) is 1.80. The molecule has 0 unspecified atom stereocenters. The molecule has 0 aliphatic rings. The zero-order valence-corrected chi connectivity index (χ0v) is 6.86. The summed E-state index contributed by atoms with van der Waals surface area (Å²) in [5.74, 6) is 0.169. The van der Waals surface area contributed by atoms with Gasteiger partial charge in [0.05, 0.1) is 6.42 Å². The van der Waals surface area contributed by atoms with Crippen LogP contribution in [0.2, 0.25) is 0 Å². The molecule has 42 valence electrons. The Morgan fingerprint density at radius 2 is 2.43 bits per heavy atom. The second-order valence-electron chi connectivity index (χ2n) is 1.02. The van der Waals surface area contributed by atoms with Crippen molar-refractivity contribution in [1.82, 2.24) is 0 Å². The molecular formula is C3H7ClO2Si. The van der Waals surface area contributed by atoms with Gasteiger partial charge in [0.1, 0.15) is 0 Å². The molecule has 4 heteroatoms. The second kappa shape index (κ2) is 4.14. The van der Waals surface area contributed by atoms with E-state index in [0.717, 1.165) is 0 Å². The fourth-order valence-electron chi connectivity index (χ4n) is 0.179. The molecule has 0 saturated heterocycles. The van der Waals surface area contributed by atoms with Crippen LogP contribution in [0.1, 0.15) is 6.42 Å². The van der Waals surface area contributed by atoms with Crippen molar-refractivity contribution in [2.75, 3.05) is 5.88 Å². The van der Waals surface area contributed by atoms with E-state index in [0.29, 0.717) is 22.8 Å². The normalized spacial score (nSPS) is 8.71. The summed E-state index contributed by atoms with van der Waals surface area (Å²) in [6, 6.07) is 0. The molecule has 0 saturated carbocycles. The quantitative estimate of drug-likeness (QED) is 0.378. The van der Waals surface area contributed by atoms with Crippen molar-refractivity contribution in [2.45, 2.75) is 6.42 Å². The molecule has 0 radical (unpaired) electrons. The molecule has 0 aromatic carbocycles. The molecular weight excluding hydrogens is 132 g/mol. The Balaban J connectivity index is 3.00. The van der Waals surface area contributed by atoms with Crippen molar-refractivity contribution in [3.63, 3.8) is 0 Å². The van der Waals surface area contributed by atoms with E-state index in [9.17, 15) is 4.79 Å². The van der Waals surface area contributed by atoms with Gasteiger partial charge in [-0.25, -0.2) is 0 Å². The molecule has 0 aromatic heterocycles. The number of hydrogen-bond acceptors (Lipinski definition) is 2. The van der Waals surface area contributed by atoms with Gasteiger partial charge in [-0.15, -0.1) is 11.6 Å². The monoisotopic (exact) mass is 138 g/mol. The first-order valence-corrected chi connectivity index (χ1v) is 3.29. The standard InChI is InChI=1S/C3H7ClO2Si/c4-2-1-3(5)6-7/h1-2H2,7H3. The third-order valence-electron chi connectivity index (χ3n) is 0.526. The van der Waals surface area contributed by atoms with Crippen LogP contribution in [-0.2, 0) is 9.22 Å². The van der Waals surface area contributed by atoms with Gasteiger partial charge in [-0.1, -0.05) is 0 Å². The number of carbonyl (C=O) groups excluding carboxylic acids is 1. The van der Waals surface area contributed by atoms with Crippen molar-refractivity contribution in [3.05, 3.63) is 0 Å². The lowest BCUT2D eigenvalue weighted by Gasteiger charge is -1.91. The predicted molar refractivity (Wildman–Crippen MR) is 31.4 cm³/mol. The lowest BCUT2D eigenvalue weighted by atomic mass is 10.5. The minimum absolute atomic E-state index is 0.193. The Hall–Kier alpha value is -0.0231. The van der Waals surface area contributed by atoms with Gasteiger partial charge in [-0.2, -0.15) is 0 Å². The van der Waals surface area contributed by atoms with Gasteiger partial charge in [0.25, 0.3) is 5.97 Å². The fraction of sp³-hybridized carbons (Fsp3) is 0.667.